The van der Waals surface area contributed by atoms with Gasteiger partial charge >= 0.3 is 0 Å². The van der Waals surface area contributed by atoms with Gasteiger partial charge in [-0.25, -0.2) is 0 Å². The van der Waals surface area contributed by atoms with Crippen molar-refractivity contribution in [1.82, 2.24) is 15.2 Å². The van der Waals surface area contributed by atoms with E-state index in [1.165, 1.54) is 18.0 Å². The maximum absolute atomic E-state index is 12.4. The molecule has 0 bridgehead atoms. The highest BCUT2D eigenvalue weighted by Gasteiger charge is 2.15. The van der Waals surface area contributed by atoms with Crippen molar-refractivity contribution in [1.29, 1.82) is 0 Å². The van der Waals surface area contributed by atoms with Crippen LogP contribution >= 0.6 is 11.8 Å². The smallest absolute Gasteiger partial charge is 0.284 e. The maximum Gasteiger partial charge on any atom is 0.284 e. The summed E-state index contributed by atoms with van der Waals surface area (Å²) in [6.07, 6.45) is 3.27. The van der Waals surface area contributed by atoms with Crippen molar-refractivity contribution in [2.75, 3.05) is 5.75 Å². The fourth-order valence-corrected chi connectivity index (χ4v) is 2.92. The molecule has 0 amide bonds. The highest BCUT2D eigenvalue weighted by atomic mass is 32.2. The van der Waals surface area contributed by atoms with Gasteiger partial charge in [0.15, 0.2) is 11.5 Å². The van der Waals surface area contributed by atoms with Crippen LogP contribution in [0.4, 0.5) is 0 Å². The molecule has 0 saturated carbocycles. The number of nitrogens with one attached hydrogen (secondary N) is 1. The zero-order valence-electron chi connectivity index (χ0n) is 11.9. The van der Waals surface area contributed by atoms with Crippen molar-refractivity contribution in [2.45, 2.75) is 5.22 Å². The number of carbonyl (C=O) groups excluding carboxylic acids is 1. The fourth-order valence-electron chi connectivity index (χ4n) is 2.28. The van der Waals surface area contributed by atoms with E-state index in [1.54, 1.807) is 18.3 Å². The van der Waals surface area contributed by atoms with Crippen LogP contribution in [0.5, 0.6) is 0 Å². The molecule has 0 saturated heterocycles. The molecule has 0 aliphatic carbocycles. The van der Waals surface area contributed by atoms with E-state index in [0.29, 0.717) is 22.4 Å². The number of ketones is 1. The van der Waals surface area contributed by atoms with Gasteiger partial charge in [0.05, 0.1) is 12.0 Å². The summed E-state index contributed by atoms with van der Waals surface area (Å²) in [6.45, 7) is 0. The molecule has 4 aromatic rings. The second kappa shape index (κ2) is 5.77. The summed E-state index contributed by atoms with van der Waals surface area (Å²) in [7, 11) is 0. The standard InChI is InChI=1S/C16H11N3O3S/c20-13(11-8-17-12-5-2-1-4-10(11)12)9-23-16-19-18-15(22-16)14-6-3-7-21-14/h1-8,17H,9H2. The van der Waals surface area contributed by atoms with Crippen LogP contribution in [-0.4, -0.2) is 26.7 Å². The molecule has 0 aliphatic rings. The van der Waals surface area contributed by atoms with E-state index in [1.807, 2.05) is 24.3 Å². The van der Waals surface area contributed by atoms with E-state index in [2.05, 4.69) is 15.2 Å². The van der Waals surface area contributed by atoms with Gasteiger partial charge in [-0.2, -0.15) is 0 Å². The number of carbonyl (C=O) groups is 1. The number of benzene rings is 1. The third-order valence-corrected chi connectivity index (χ3v) is 4.17. The Labute approximate surface area is 134 Å². The molecule has 23 heavy (non-hydrogen) atoms. The van der Waals surface area contributed by atoms with Gasteiger partial charge in [-0.1, -0.05) is 30.0 Å². The SMILES string of the molecule is O=C(CSc1nnc(-c2ccco2)o1)c1c[nH]c2ccccc12. The first-order chi connectivity index (χ1) is 11.3. The first-order valence-corrected chi connectivity index (χ1v) is 7.89. The Bertz CT molecular complexity index is 956. The summed E-state index contributed by atoms with van der Waals surface area (Å²) in [5.41, 5.74) is 1.61. The largest absolute Gasteiger partial charge is 0.459 e. The van der Waals surface area contributed by atoms with Crippen molar-refractivity contribution < 1.29 is 13.6 Å². The van der Waals surface area contributed by atoms with Gasteiger partial charge in [0.25, 0.3) is 11.1 Å². The minimum absolute atomic E-state index is 0.00481. The summed E-state index contributed by atoms with van der Waals surface area (Å²) >= 11 is 1.21. The van der Waals surface area contributed by atoms with Crippen molar-refractivity contribution in [2.24, 2.45) is 0 Å². The van der Waals surface area contributed by atoms with Gasteiger partial charge in [0, 0.05) is 22.7 Å². The molecular formula is C16H11N3O3S. The van der Waals surface area contributed by atoms with E-state index in [-0.39, 0.29) is 11.5 Å². The third-order valence-electron chi connectivity index (χ3n) is 3.35. The molecule has 3 heterocycles. The van der Waals surface area contributed by atoms with Gasteiger partial charge in [-0.05, 0) is 18.2 Å². The van der Waals surface area contributed by atoms with Crippen LogP contribution in [0.3, 0.4) is 0 Å². The van der Waals surface area contributed by atoms with Crippen LogP contribution in [0.2, 0.25) is 0 Å². The molecule has 1 aromatic carbocycles. The number of rotatable bonds is 5. The minimum atomic E-state index is 0.00481. The number of thioether (sulfide) groups is 1. The number of aromatic nitrogens is 3. The Balaban J connectivity index is 1.48. The number of Topliss-reactive ketones (excluding diaryl/α,β-unsaturated/α-hetero) is 1. The predicted octanol–water partition coefficient (Wildman–Crippen LogP) is 3.79. The summed E-state index contributed by atoms with van der Waals surface area (Å²) in [6, 6.07) is 11.2. The Hall–Kier alpha value is -2.80. The Morgan fingerprint density at radius 2 is 2.09 bits per heavy atom. The number of furan rings is 1. The predicted molar refractivity (Wildman–Crippen MR) is 85.4 cm³/mol. The second-order valence-electron chi connectivity index (χ2n) is 4.81. The second-order valence-corrected chi connectivity index (χ2v) is 5.74. The lowest BCUT2D eigenvalue weighted by molar-refractivity contribution is 0.102. The highest BCUT2D eigenvalue weighted by Crippen LogP contribution is 2.25. The fraction of sp³-hybridized carbons (Fsp3) is 0.0625. The van der Waals surface area contributed by atoms with E-state index in [0.717, 1.165) is 10.9 Å². The van der Waals surface area contributed by atoms with Crippen molar-refractivity contribution in [3.8, 4) is 11.7 Å². The van der Waals surface area contributed by atoms with Crippen molar-refractivity contribution in [3.05, 3.63) is 54.4 Å². The van der Waals surface area contributed by atoms with Gasteiger partial charge in [0.1, 0.15) is 0 Å². The lowest BCUT2D eigenvalue weighted by atomic mass is 10.1. The molecular weight excluding hydrogens is 314 g/mol. The molecule has 3 aromatic heterocycles. The number of para-hydroxylation sites is 1. The molecule has 6 nitrogen and oxygen atoms in total. The number of nitrogens with zero attached hydrogens (tertiary/aromatic N) is 2. The molecule has 0 unspecified atom stereocenters. The summed E-state index contributed by atoms with van der Waals surface area (Å²) in [5.74, 6) is 1.04. The van der Waals surface area contributed by atoms with E-state index in [4.69, 9.17) is 8.83 Å². The van der Waals surface area contributed by atoms with Crippen LogP contribution in [0.15, 0.2) is 62.9 Å². The zero-order chi connectivity index (χ0) is 15.6. The molecule has 114 valence electrons. The van der Waals surface area contributed by atoms with Crippen molar-refractivity contribution >= 4 is 28.4 Å². The summed E-state index contributed by atoms with van der Waals surface area (Å²) in [5, 5.41) is 9.07. The lowest BCUT2D eigenvalue weighted by Gasteiger charge is -1.97. The van der Waals surface area contributed by atoms with Gasteiger partial charge in [-0.15, -0.1) is 10.2 Å². The highest BCUT2D eigenvalue weighted by molar-refractivity contribution is 7.99. The summed E-state index contributed by atoms with van der Waals surface area (Å²) in [4.78, 5) is 15.5. The molecule has 0 aliphatic heterocycles. The number of hydrogen-bond donors (Lipinski definition) is 1. The zero-order valence-corrected chi connectivity index (χ0v) is 12.7. The van der Waals surface area contributed by atoms with E-state index >= 15 is 0 Å². The number of fused-ring (bicyclic) bond motifs is 1. The lowest BCUT2D eigenvalue weighted by Crippen LogP contribution is -2.01. The first-order valence-electron chi connectivity index (χ1n) is 6.91. The van der Waals surface area contributed by atoms with Crippen LogP contribution < -0.4 is 0 Å². The Kier molecular flexibility index (Phi) is 3.47. The molecule has 0 fully saturated rings. The topological polar surface area (TPSA) is 84.9 Å². The minimum Gasteiger partial charge on any atom is -0.459 e. The molecule has 0 radical (unpaired) electrons. The average Bonchev–Trinajstić information content (AvgIpc) is 3.31. The number of aromatic amines is 1. The monoisotopic (exact) mass is 325 g/mol. The van der Waals surface area contributed by atoms with Gasteiger partial charge in [0.2, 0.25) is 0 Å². The maximum atomic E-state index is 12.4. The van der Waals surface area contributed by atoms with Crippen LogP contribution in [-0.2, 0) is 0 Å². The first kappa shape index (κ1) is 13.8. The van der Waals surface area contributed by atoms with Crippen LogP contribution in [0, 0.1) is 0 Å². The van der Waals surface area contributed by atoms with E-state index in [9.17, 15) is 4.79 Å². The Morgan fingerprint density at radius 3 is 2.96 bits per heavy atom. The average molecular weight is 325 g/mol. The molecule has 1 N–H and O–H groups in total. The van der Waals surface area contributed by atoms with E-state index < -0.39 is 0 Å². The quantitative estimate of drug-likeness (QED) is 0.444. The normalized spacial score (nSPS) is 11.1. The Morgan fingerprint density at radius 1 is 1.17 bits per heavy atom. The molecule has 7 heteroatoms. The summed E-state index contributed by atoms with van der Waals surface area (Å²) < 4.78 is 10.7. The molecule has 0 spiro atoms. The van der Waals surface area contributed by atoms with Crippen molar-refractivity contribution in [3.63, 3.8) is 0 Å². The van der Waals surface area contributed by atoms with Gasteiger partial charge < -0.3 is 13.8 Å². The molecule has 0 atom stereocenters. The van der Waals surface area contributed by atoms with Crippen LogP contribution in [0.25, 0.3) is 22.6 Å². The molecule has 4 rings (SSSR count). The number of H-pyrrole nitrogens is 1. The van der Waals surface area contributed by atoms with Gasteiger partial charge in [-0.3, -0.25) is 4.79 Å². The van der Waals surface area contributed by atoms with Crippen LogP contribution in [0.1, 0.15) is 10.4 Å². The number of hydrogen-bond acceptors (Lipinski definition) is 6. The third kappa shape index (κ3) is 2.66.